The van der Waals surface area contributed by atoms with Gasteiger partial charge in [-0.2, -0.15) is 0 Å². The number of likely N-dealkylation sites (tertiary alicyclic amines) is 1. The fraction of sp³-hybridized carbons (Fsp3) is 0.346. The van der Waals surface area contributed by atoms with Crippen LogP contribution in [0.3, 0.4) is 0 Å². The number of hydrogen-bond acceptors (Lipinski definition) is 4. The number of methoxy groups -OCH3 is 1. The van der Waals surface area contributed by atoms with Crippen molar-refractivity contribution in [3.8, 4) is 5.75 Å². The number of hydrogen-bond donors (Lipinski definition) is 2. The number of anilines is 2. The molecule has 3 amide bonds. The molecular weight excluding hydrogens is 432 g/mol. The number of fused-ring (bicyclic) bond motifs is 2. The van der Waals surface area contributed by atoms with E-state index in [1.54, 1.807) is 19.2 Å². The summed E-state index contributed by atoms with van der Waals surface area (Å²) in [6, 6.07) is 13.2. The van der Waals surface area contributed by atoms with E-state index in [0.29, 0.717) is 30.4 Å². The summed E-state index contributed by atoms with van der Waals surface area (Å²) in [4.78, 5) is 44.3. The molecule has 1 aromatic heterocycles. The molecule has 5 rings (SSSR count). The average Bonchev–Trinajstić information content (AvgIpc) is 3.29. The van der Waals surface area contributed by atoms with E-state index in [4.69, 9.17) is 4.74 Å². The van der Waals surface area contributed by atoms with E-state index < -0.39 is 0 Å². The summed E-state index contributed by atoms with van der Waals surface area (Å²) < 4.78 is 5.38. The first-order valence-electron chi connectivity index (χ1n) is 11.7. The van der Waals surface area contributed by atoms with Crippen LogP contribution in [0.2, 0.25) is 0 Å². The van der Waals surface area contributed by atoms with E-state index in [-0.39, 0.29) is 37.1 Å². The first kappa shape index (κ1) is 22.0. The highest BCUT2D eigenvalue weighted by atomic mass is 16.5. The monoisotopic (exact) mass is 460 g/mol. The van der Waals surface area contributed by atoms with Crippen molar-refractivity contribution in [3.05, 3.63) is 54.2 Å². The van der Waals surface area contributed by atoms with Crippen LogP contribution in [-0.2, 0) is 14.4 Å². The molecule has 2 aliphatic heterocycles. The predicted molar refractivity (Wildman–Crippen MR) is 130 cm³/mol. The van der Waals surface area contributed by atoms with Crippen LogP contribution in [0.25, 0.3) is 10.9 Å². The summed E-state index contributed by atoms with van der Waals surface area (Å²) in [6.07, 6.45) is 4.06. The minimum absolute atomic E-state index is 0.0119. The lowest BCUT2D eigenvalue weighted by Gasteiger charge is -2.32. The highest BCUT2D eigenvalue weighted by molar-refractivity contribution is 6.10. The molecule has 8 nitrogen and oxygen atoms in total. The Hall–Kier alpha value is -3.81. The number of carbonyl (C=O) groups is 3. The Bertz CT molecular complexity index is 1240. The fourth-order valence-corrected chi connectivity index (χ4v) is 4.99. The molecule has 2 aliphatic rings. The zero-order chi connectivity index (χ0) is 23.7. The van der Waals surface area contributed by atoms with Crippen LogP contribution in [0.5, 0.6) is 5.75 Å². The van der Waals surface area contributed by atoms with Gasteiger partial charge in [-0.25, -0.2) is 0 Å². The van der Waals surface area contributed by atoms with Crippen LogP contribution in [0.15, 0.2) is 48.7 Å². The summed E-state index contributed by atoms with van der Waals surface area (Å²) in [7, 11) is 1.67. The van der Waals surface area contributed by atoms with Gasteiger partial charge in [0.2, 0.25) is 17.7 Å². The summed E-state index contributed by atoms with van der Waals surface area (Å²) in [5.41, 5.74) is 3.64. The first-order valence-corrected chi connectivity index (χ1v) is 11.7. The number of rotatable bonds is 5. The molecule has 0 unspecified atom stereocenters. The summed E-state index contributed by atoms with van der Waals surface area (Å²) >= 11 is 0. The van der Waals surface area contributed by atoms with Gasteiger partial charge in [0.25, 0.3) is 0 Å². The molecule has 2 aromatic carbocycles. The second kappa shape index (κ2) is 9.21. The molecule has 0 bridgehead atoms. The van der Waals surface area contributed by atoms with Crippen molar-refractivity contribution in [2.45, 2.75) is 31.6 Å². The molecule has 1 fully saturated rings. The number of amides is 3. The normalized spacial score (nSPS) is 16.3. The summed E-state index contributed by atoms with van der Waals surface area (Å²) in [5, 5.41) is 3.94. The van der Waals surface area contributed by atoms with Gasteiger partial charge < -0.3 is 24.8 Å². The number of benzene rings is 2. The fourth-order valence-electron chi connectivity index (χ4n) is 4.99. The number of para-hydroxylation sites is 2. The van der Waals surface area contributed by atoms with Crippen molar-refractivity contribution in [3.63, 3.8) is 0 Å². The van der Waals surface area contributed by atoms with Crippen molar-refractivity contribution < 1.29 is 19.1 Å². The number of nitrogens with zero attached hydrogens (tertiary/aromatic N) is 2. The van der Waals surface area contributed by atoms with E-state index in [2.05, 4.69) is 22.6 Å². The van der Waals surface area contributed by atoms with Crippen molar-refractivity contribution in [1.82, 2.24) is 9.88 Å². The van der Waals surface area contributed by atoms with Crippen LogP contribution in [0, 0.1) is 0 Å². The smallest absolute Gasteiger partial charge is 0.244 e. The van der Waals surface area contributed by atoms with E-state index in [0.717, 1.165) is 24.1 Å². The summed E-state index contributed by atoms with van der Waals surface area (Å²) in [6.45, 7) is 1.32. The van der Waals surface area contributed by atoms with Gasteiger partial charge >= 0.3 is 0 Å². The highest BCUT2D eigenvalue weighted by Crippen LogP contribution is 2.35. The van der Waals surface area contributed by atoms with Gasteiger partial charge in [-0.15, -0.1) is 0 Å². The third-order valence-corrected chi connectivity index (χ3v) is 6.83. The molecule has 3 heterocycles. The molecule has 2 N–H and O–H groups in total. The van der Waals surface area contributed by atoms with E-state index in [1.807, 2.05) is 29.2 Å². The van der Waals surface area contributed by atoms with Crippen LogP contribution in [0.1, 0.15) is 37.2 Å². The van der Waals surface area contributed by atoms with E-state index in [1.165, 1.54) is 15.8 Å². The number of piperidine rings is 1. The van der Waals surface area contributed by atoms with Crippen LogP contribution in [-0.4, -0.2) is 54.3 Å². The maximum Gasteiger partial charge on any atom is 0.244 e. The van der Waals surface area contributed by atoms with Gasteiger partial charge in [0.1, 0.15) is 12.3 Å². The van der Waals surface area contributed by atoms with Crippen LogP contribution < -0.4 is 15.0 Å². The molecule has 0 saturated carbocycles. The molecule has 0 aliphatic carbocycles. The number of ether oxygens (including phenoxy) is 1. The second-order valence-electron chi connectivity index (χ2n) is 8.86. The molecule has 8 heteroatoms. The maximum atomic E-state index is 12.8. The number of nitrogens with one attached hydrogen (secondary N) is 2. The Kier molecular flexibility index (Phi) is 5.96. The number of carbonyl (C=O) groups excluding carboxylic acids is 3. The number of aromatic nitrogens is 1. The SMILES string of the molecule is COc1ccc2[nH]cc(C3CCN(C(=O)CCC(=O)N4CC(=O)Nc5ccccc54)CC3)c2c1. The minimum Gasteiger partial charge on any atom is -0.497 e. The molecular formula is C26H28N4O4. The van der Waals surface area contributed by atoms with Crippen molar-refractivity contribution >= 4 is 40.0 Å². The number of H-pyrrole nitrogens is 1. The lowest BCUT2D eigenvalue weighted by Crippen LogP contribution is -2.43. The van der Waals surface area contributed by atoms with E-state index in [9.17, 15) is 14.4 Å². The van der Waals surface area contributed by atoms with Crippen LogP contribution in [0.4, 0.5) is 11.4 Å². The lowest BCUT2D eigenvalue weighted by molar-refractivity contribution is -0.134. The zero-order valence-corrected chi connectivity index (χ0v) is 19.2. The van der Waals surface area contributed by atoms with Gasteiger partial charge in [0.05, 0.1) is 18.5 Å². The number of aromatic amines is 1. The van der Waals surface area contributed by atoms with Gasteiger partial charge in [0, 0.05) is 43.0 Å². The van der Waals surface area contributed by atoms with Gasteiger partial charge in [-0.05, 0) is 54.7 Å². The quantitative estimate of drug-likeness (QED) is 0.608. The Morgan fingerprint density at radius 1 is 1.06 bits per heavy atom. The first-order chi connectivity index (χ1) is 16.5. The summed E-state index contributed by atoms with van der Waals surface area (Å²) in [5.74, 6) is 0.755. The zero-order valence-electron chi connectivity index (χ0n) is 19.2. The Balaban J connectivity index is 1.17. The molecule has 176 valence electrons. The second-order valence-corrected chi connectivity index (χ2v) is 8.86. The average molecular weight is 461 g/mol. The molecule has 0 spiro atoms. The lowest BCUT2D eigenvalue weighted by atomic mass is 9.89. The van der Waals surface area contributed by atoms with Gasteiger partial charge in [0.15, 0.2) is 0 Å². The van der Waals surface area contributed by atoms with Crippen molar-refractivity contribution in [1.29, 1.82) is 0 Å². The largest absolute Gasteiger partial charge is 0.497 e. The highest BCUT2D eigenvalue weighted by Gasteiger charge is 2.29. The topological polar surface area (TPSA) is 94.7 Å². The molecule has 34 heavy (non-hydrogen) atoms. The van der Waals surface area contributed by atoms with Gasteiger partial charge in [-0.1, -0.05) is 12.1 Å². The molecule has 1 saturated heterocycles. The predicted octanol–water partition coefficient (Wildman–Crippen LogP) is 3.65. The van der Waals surface area contributed by atoms with Crippen molar-refractivity contribution in [2.75, 3.05) is 37.0 Å². The van der Waals surface area contributed by atoms with E-state index >= 15 is 0 Å². The minimum atomic E-state index is -0.227. The Morgan fingerprint density at radius 3 is 2.62 bits per heavy atom. The van der Waals surface area contributed by atoms with Gasteiger partial charge in [-0.3, -0.25) is 14.4 Å². The molecule has 0 atom stereocenters. The van der Waals surface area contributed by atoms with Crippen molar-refractivity contribution in [2.24, 2.45) is 0 Å². The standard InChI is InChI=1S/C26H28N4O4/c1-34-18-6-7-21-19(14-18)20(15-27-21)17-10-12-29(13-11-17)25(32)8-9-26(33)30-16-24(31)28-22-4-2-3-5-23(22)30/h2-7,14-15,17,27H,8-13,16H2,1H3,(H,28,31). The Morgan fingerprint density at radius 2 is 1.82 bits per heavy atom. The molecule has 0 radical (unpaired) electrons. The Labute approximate surface area is 197 Å². The molecule has 3 aromatic rings. The third kappa shape index (κ3) is 4.23. The van der Waals surface area contributed by atoms with Crippen LogP contribution >= 0.6 is 0 Å². The maximum absolute atomic E-state index is 12.8. The third-order valence-electron chi connectivity index (χ3n) is 6.83.